The van der Waals surface area contributed by atoms with Crippen molar-refractivity contribution in [1.29, 1.82) is 0 Å². The molecule has 2 heteroatoms. The minimum Gasteiger partial charge on any atom is -0.316 e. The van der Waals surface area contributed by atoms with Gasteiger partial charge < -0.3 is 10.2 Å². The van der Waals surface area contributed by atoms with Crippen LogP contribution in [-0.2, 0) is 0 Å². The fourth-order valence-electron chi connectivity index (χ4n) is 2.62. The number of hydrogen-bond acceptors (Lipinski definition) is 2. The molecule has 0 aliphatic carbocycles. The van der Waals surface area contributed by atoms with Gasteiger partial charge in [-0.2, -0.15) is 0 Å². The van der Waals surface area contributed by atoms with Crippen molar-refractivity contribution < 1.29 is 0 Å². The van der Waals surface area contributed by atoms with E-state index < -0.39 is 0 Å². The van der Waals surface area contributed by atoms with Crippen LogP contribution in [0, 0.1) is 11.3 Å². The molecule has 0 amide bonds. The molecule has 0 fully saturated rings. The molecule has 0 aromatic carbocycles. The van der Waals surface area contributed by atoms with Gasteiger partial charge in [0.1, 0.15) is 0 Å². The second-order valence-corrected chi connectivity index (χ2v) is 6.35. The summed E-state index contributed by atoms with van der Waals surface area (Å²) in [5, 5.41) is 3.61. The SMILES string of the molecule is CCCNCC(C)(CC)CN(CC)CC(CC)CC. The monoisotopic (exact) mass is 270 g/mol. The Morgan fingerprint density at radius 1 is 1.05 bits per heavy atom. The zero-order valence-corrected chi connectivity index (χ0v) is 14.4. The molecule has 0 aliphatic rings. The molecule has 1 atom stereocenters. The Hall–Kier alpha value is -0.0800. The van der Waals surface area contributed by atoms with Crippen molar-refractivity contribution in [3.05, 3.63) is 0 Å². The molecule has 1 unspecified atom stereocenters. The van der Waals surface area contributed by atoms with Gasteiger partial charge in [0.25, 0.3) is 0 Å². The van der Waals surface area contributed by atoms with E-state index in [2.05, 4.69) is 51.8 Å². The van der Waals surface area contributed by atoms with E-state index in [4.69, 9.17) is 0 Å². The van der Waals surface area contributed by atoms with E-state index in [0.29, 0.717) is 5.41 Å². The highest BCUT2D eigenvalue weighted by Gasteiger charge is 2.25. The molecule has 0 radical (unpaired) electrons. The molecule has 0 saturated carbocycles. The van der Waals surface area contributed by atoms with Crippen LogP contribution in [0.4, 0.5) is 0 Å². The van der Waals surface area contributed by atoms with Crippen LogP contribution in [0.25, 0.3) is 0 Å². The maximum Gasteiger partial charge on any atom is 0.00474 e. The number of nitrogens with one attached hydrogen (secondary N) is 1. The van der Waals surface area contributed by atoms with E-state index in [9.17, 15) is 0 Å². The quantitative estimate of drug-likeness (QED) is 0.536. The predicted molar refractivity (Wildman–Crippen MR) is 87.7 cm³/mol. The molecule has 0 aromatic heterocycles. The summed E-state index contributed by atoms with van der Waals surface area (Å²) in [6.07, 6.45) is 5.10. The Labute approximate surface area is 122 Å². The average molecular weight is 271 g/mol. The van der Waals surface area contributed by atoms with Gasteiger partial charge in [-0.1, -0.05) is 54.4 Å². The first-order valence-electron chi connectivity index (χ1n) is 8.48. The number of hydrogen-bond donors (Lipinski definition) is 1. The Morgan fingerprint density at radius 3 is 2.11 bits per heavy atom. The van der Waals surface area contributed by atoms with Crippen molar-refractivity contribution in [3.8, 4) is 0 Å². The molecule has 0 aromatic rings. The van der Waals surface area contributed by atoms with Gasteiger partial charge in [0.2, 0.25) is 0 Å². The zero-order chi connectivity index (χ0) is 14.7. The van der Waals surface area contributed by atoms with Crippen LogP contribution in [0.5, 0.6) is 0 Å². The second-order valence-electron chi connectivity index (χ2n) is 6.35. The third-order valence-corrected chi connectivity index (χ3v) is 4.56. The van der Waals surface area contributed by atoms with E-state index in [-0.39, 0.29) is 0 Å². The summed E-state index contributed by atoms with van der Waals surface area (Å²) < 4.78 is 0. The van der Waals surface area contributed by atoms with Crippen molar-refractivity contribution in [2.45, 2.75) is 67.2 Å². The second kappa shape index (κ2) is 10.7. The molecule has 0 spiro atoms. The topological polar surface area (TPSA) is 15.3 Å². The van der Waals surface area contributed by atoms with Gasteiger partial charge in [0.15, 0.2) is 0 Å². The van der Waals surface area contributed by atoms with Crippen LogP contribution in [0.15, 0.2) is 0 Å². The van der Waals surface area contributed by atoms with Crippen LogP contribution >= 0.6 is 0 Å². The highest BCUT2D eigenvalue weighted by Crippen LogP contribution is 2.23. The van der Waals surface area contributed by atoms with Crippen LogP contribution in [0.3, 0.4) is 0 Å². The van der Waals surface area contributed by atoms with Gasteiger partial charge in [0, 0.05) is 19.6 Å². The smallest absolute Gasteiger partial charge is 0.00474 e. The van der Waals surface area contributed by atoms with Crippen molar-refractivity contribution in [2.24, 2.45) is 11.3 Å². The Bertz CT molecular complexity index is 201. The summed E-state index contributed by atoms with van der Waals surface area (Å²) in [4.78, 5) is 2.66. The molecule has 1 N–H and O–H groups in total. The van der Waals surface area contributed by atoms with E-state index in [1.807, 2.05) is 0 Å². The summed E-state index contributed by atoms with van der Waals surface area (Å²) in [7, 11) is 0. The van der Waals surface area contributed by atoms with Crippen LogP contribution in [0.2, 0.25) is 0 Å². The molecule has 0 aliphatic heterocycles. The third kappa shape index (κ3) is 7.94. The van der Waals surface area contributed by atoms with Gasteiger partial charge in [-0.05, 0) is 37.3 Å². The lowest BCUT2D eigenvalue weighted by Gasteiger charge is -2.36. The van der Waals surface area contributed by atoms with E-state index in [1.54, 1.807) is 0 Å². The van der Waals surface area contributed by atoms with Gasteiger partial charge in [-0.15, -0.1) is 0 Å². The molecule has 0 rings (SSSR count). The van der Waals surface area contributed by atoms with Crippen molar-refractivity contribution >= 4 is 0 Å². The van der Waals surface area contributed by atoms with Gasteiger partial charge in [0.05, 0.1) is 0 Å². The molecular formula is C17H38N2. The first-order chi connectivity index (χ1) is 9.05. The van der Waals surface area contributed by atoms with E-state index in [0.717, 1.165) is 19.0 Å². The largest absolute Gasteiger partial charge is 0.316 e. The van der Waals surface area contributed by atoms with Crippen LogP contribution in [0.1, 0.15) is 67.2 Å². The van der Waals surface area contributed by atoms with Crippen molar-refractivity contribution in [1.82, 2.24) is 10.2 Å². The summed E-state index contributed by atoms with van der Waals surface area (Å²) in [5.74, 6) is 0.865. The normalized spacial score (nSPS) is 15.2. The molecule has 0 heterocycles. The first kappa shape index (κ1) is 18.9. The Balaban J connectivity index is 4.36. The molecule has 19 heavy (non-hydrogen) atoms. The average Bonchev–Trinajstić information content (AvgIpc) is 2.43. The Morgan fingerprint density at radius 2 is 1.68 bits per heavy atom. The zero-order valence-electron chi connectivity index (χ0n) is 14.4. The fraction of sp³-hybridized carbons (Fsp3) is 1.00. The maximum absolute atomic E-state index is 3.61. The molecule has 0 bridgehead atoms. The summed E-state index contributed by atoms with van der Waals surface area (Å²) in [6.45, 7) is 19.9. The molecule has 2 nitrogen and oxygen atoms in total. The van der Waals surface area contributed by atoms with Crippen molar-refractivity contribution in [2.75, 3.05) is 32.7 Å². The summed E-state index contributed by atoms with van der Waals surface area (Å²) in [6, 6.07) is 0. The molecule has 116 valence electrons. The summed E-state index contributed by atoms with van der Waals surface area (Å²) >= 11 is 0. The Kier molecular flexibility index (Phi) is 10.6. The van der Waals surface area contributed by atoms with Gasteiger partial charge in [-0.25, -0.2) is 0 Å². The standard InChI is InChI=1S/C17H38N2/c1-7-12-18-14-17(6,10-4)15-19(11-5)13-16(8-2)9-3/h16,18H,7-15H2,1-6H3. The highest BCUT2D eigenvalue weighted by atomic mass is 15.1. The minimum absolute atomic E-state index is 0.414. The summed E-state index contributed by atoms with van der Waals surface area (Å²) in [5.41, 5.74) is 0.414. The van der Waals surface area contributed by atoms with Gasteiger partial charge >= 0.3 is 0 Å². The lowest BCUT2D eigenvalue weighted by Crippen LogP contribution is -2.43. The lowest BCUT2D eigenvalue weighted by atomic mass is 9.86. The van der Waals surface area contributed by atoms with E-state index in [1.165, 1.54) is 45.3 Å². The van der Waals surface area contributed by atoms with Gasteiger partial charge in [-0.3, -0.25) is 0 Å². The van der Waals surface area contributed by atoms with Crippen LogP contribution < -0.4 is 5.32 Å². The third-order valence-electron chi connectivity index (χ3n) is 4.56. The molecular weight excluding hydrogens is 232 g/mol. The number of rotatable bonds is 12. The minimum atomic E-state index is 0.414. The van der Waals surface area contributed by atoms with Crippen molar-refractivity contribution in [3.63, 3.8) is 0 Å². The van der Waals surface area contributed by atoms with Crippen LogP contribution in [-0.4, -0.2) is 37.6 Å². The predicted octanol–water partition coefficient (Wildman–Crippen LogP) is 4.16. The highest BCUT2D eigenvalue weighted by molar-refractivity contribution is 4.80. The molecule has 0 saturated heterocycles. The first-order valence-corrected chi connectivity index (χ1v) is 8.48. The fourth-order valence-corrected chi connectivity index (χ4v) is 2.62. The number of nitrogens with zero attached hydrogens (tertiary/aromatic N) is 1. The maximum atomic E-state index is 3.61. The van der Waals surface area contributed by atoms with E-state index >= 15 is 0 Å². The lowest BCUT2D eigenvalue weighted by molar-refractivity contribution is 0.140.